The molecular formula is C5H7NO2S2. The number of hydrogen-bond donors (Lipinski definition) is 1. The van der Waals surface area contributed by atoms with Crippen LogP contribution in [-0.4, -0.2) is 26.4 Å². The van der Waals surface area contributed by atoms with Crippen molar-refractivity contribution in [1.82, 2.24) is 0 Å². The highest BCUT2D eigenvalue weighted by Crippen LogP contribution is 2.40. The van der Waals surface area contributed by atoms with Crippen LogP contribution in [0.1, 0.15) is 6.92 Å². The summed E-state index contributed by atoms with van der Waals surface area (Å²) < 4.78 is -0.196. The number of rotatable bonds is 1. The van der Waals surface area contributed by atoms with E-state index in [2.05, 4.69) is 5.16 Å². The highest BCUT2D eigenvalue weighted by atomic mass is 32.2. The van der Waals surface area contributed by atoms with Gasteiger partial charge in [0.1, 0.15) is 0 Å². The van der Waals surface area contributed by atoms with Gasteiger partial charge in [0.15, 0.2) is 0 Å². The molecule has 0 saturated carbocycles. The summed E-state index contributed by atoms with van der Waals surface area (Å²) in [6.45, 7) is 1.87. The molecule has 0 unspecified atom stereocenters. The van der Waals surface area contributed by atoms with E-state index < -0.39 is 0 Å². The average Bonchev–Trinajstić information content (AvgIpc) is 2.12. The van der Waals surface area contributed by atoms with Crippen molar-refractivity contribution in [2.75, 3.05) is 5.75 Å². The number of carbonyl (C=O) groups is 1. The quantitative estimate of drug-likeness (QED) is 0.377. The smallest absolute Gasteiger partial charge is 0.247 e. The van der Waals surface area contributed by atoms with E-state index in [1.807, 2.05) is 6.92 Å². The van der Waals surface area contributed by atoms with Gasteiger partial charge in [0, 0.05) is 5.75 Å². The fraction of sp³-hybridized carbons (Fsp3) is 0.600. The molecule has 1 fully saturated rings. The van der Waals surface area contributed by atoms with E-state index in [-0.39, 0.29) is 9.19 Å². The minimum Gasteiger partial charge on any atom is -0.411 e. The molecule has 0 radical (unpaired) electrons. The van der Waals surface area contributed by atoms with Crippen LogP contribution in [0.15, 0.2) is 5.16 Å². The van der Waals surface area contributed by atoms with Gasteiger partial charge in [-0.25, -0.2) is 0 Å². The molecule has 0 amide bonds. The lowest BCUT2D eigenvalue weighted by molar-refractivity contribution is 0.277. The standard InChI is InChI=1S/C5H7NO2S2/c1-5(2-6-8)3-9-4(7)10-5/h2,8H,3H2,1H3/t5-/m1/s1. The Hall–Kier alpha value is -0.160. The molecule has 0 spiro atoms. The van der Waals surface area contributed by atoms with E-state index >= 15 is 0 Å². The Morgan fingerprint density at radius 3 is 3.00 bits per heavy atom. The predicted octanol–water partition coefficient (Wildman–Crippen LogP) is 1.81. The lowest BCUT2D eigenvalue weighted by atomic mass is 10.2. The number of nitrogens with zero attached hydrogens (tertiary/aromatic N) is 1. The minimum absolute atomic E-state index is 0.0994. The van der Waals surface area contributed by atoms with E-state index in [0.717, 1.165) is 0 Å². The van der Waals surface area contributed by atoms with Crippen LogP contribution in [0.2, 0.25) is 0 Å². The summed E-state index contributed by atoms with van der Waals surface area (Å²) in [5, 5.41) is 11.1. The summed E-state index contributed by atoms with van der Waals surface area (Å²) in [4.78, 5) is 10.7. The van der Waals surface area contributed by atoms with E-state index in [1.165, 1.54) is 29.7 Å². The predicted molar refractivity (Wildman–Crippen MR) is 44.1 cm³/mol. The first-order valence-electron chi connectivity index (χ1n) is 2.71. The molecule has 5 heteroatoms. The lowest BCUT2D eigenvalue weighted by Crippen LogP contribution is -2.21. The fourth-order valence-corrected chi connectivity index (χ4v) is 2.99. The molecule has 1 aliphatic rings. The minimum atomic E-state index is -0.295. The van der Waals surface area contributed by atoms with Crippen molar-refractivity contribution in [3.05, 3.63) is 0 Å². The van der Waals surface area contributed by atoms with E-state index in [9.17, 15) is 4.79 Å². The second kappa shape index (κ2) is 2.84. The first kappa shape index (κ1) is 7.94. The molecule has 0 aromatic rings. The molecule has 1 aliphatic heterocycles. The summed E-state index contributed by atoms with van der Waals surface area (Å²) in [5.41, 5.74) is 0. The highest BCUT2D eigenvalue weighted by molar-refractivity contribution is 8.42. The normalized spacial score (nSPS) is 33.9. The van der Waals surface area contributed by atoms with E-state index in [1.54, 1.807) is 0 Å². The van der Waals surface area contributed by atoms with Gasteiger partial charge in [0.25, 0.3) is 0 Å². The molecule has 1 rings (SSSR count). The Labute approximate surface area is 67.2 Å². The summed E-state index contributed by atoms with van der Waals surface area (Å²) >= 11 is 2.47. The number of oxime groups is 1. The van der Waals surface area contributed by atoms with Gasteiger partial charge in [-0.1, -0.05) is 23.5 Å². The van der Waals surface area contributed by atoms with Crippen molar-refractivity contribution < 1.29 is 10.0 Å². The van der Waals surface area contributed by atoms with E-state index in [4.69, 9.17) is 5.21 Å². The molecule has 10 heavy (non-hydrogen) atoms. The van der Waals surface area contributed by atoms with Crippen LogP contribution >= 0.6 is 23.5 Å². The zero-order valence-corrected chi connectivity index (χ0v) is 7.04. The maximum absolute atomic E-state index is 10.7. The number of carbonyl (C=O) groups excluding carboxylic acids is 1. The molecule has 0 aliphatic carbocycles. The van der Waals surface area contributed by atoms with Crippen LogP contribution in [0.4, 0.5) is 4.79 Å². The third-order valence-corrected chi connectivity index (χ3v) is 3.77. The molecule has 56 valence electrons. The van der Waals surface area contributed by atoms with Crippen molar-refractivity contribution in [2.24, 2.45) is 5.16 Å². The maximum Gasteiger partial charge on any atom is 0.247 e. The zero-order chi connectivity index (χ0) is 7.61. The topological polar surface area (TPSA) is 49.7 Å². The zero-order valence-electron chi connectivity index (χ0n) is 5.40. The van der Waals surface area contributed by atoms with Crippen LogP contribution in [0.3, 0.4) is 0 Å². The van der Waals surface area contributed by atoms with Gasteiger partial charge in [-0.2, -0.15) is 0 Å². The van der Waals surface area contributed by atoms with Crippen LogP contribution < -0.4 is 0 Å². The summed E-state index contributed by atoms with van der Waals surface area (Å²) in [6.07, 6.45) is 1.40. The Morgan fingerprint density at radius 1 is 1.90 bits per heavy atom. The summed E-state index contributed by atoms with van der Waals surface area (Å²) in [6, 6.07) is 0. The molecule has 1 heterocycles. The monoisotopic (exact) mass is 177 g/mol. The van der Waals surface area contributed by atoms with Gasteiger partial charge in [-0.15, -0.1) is 5.16 Å². The Balaban J connectivity index is 2.63. The second-order valence-corrected chi connectivity index (χ2v) is 4.91. The summed E-state index contributed by atoms with van der Waals surface area (Å²) in [5.74, 6) is 0.695. The molecule has 1 atom stereocenters. The molecular weight excluding hydrogens is 170 g/mol. The first-order valence-corrected chi connectivity index (χ1v) is 4.51. The van der Waals surface area contributed by atoms with Crippen molar-refractivity contribution in [2.45, 2.75) is 11.7 Å². The molecule has 0 bridgehead atoms. The number of thioether (sulfide) groups is 2. The van der Waals surface area contributed by atoms with Crippen LogP contribution in [0.5, 0.6) is 0 Å². The summed E-state index contributed by atoms with van der Waals surface area (Å²) in [7, 11) is 0. The Morgan fingerprint density at radius 2 is 2.60 bits per heavy atom. The van der Waals surface area contributed by atoms with Crippen molar-refractivity contribution >= 4 is 34.2 Å². The molecule has 0 aromatic heterocycles. The Kier molecular flexibility index (Phi) is 2.25. The molecule has 1 saturated heterocycles. The maximum atomic E-state index is 10.7. The SMILES string of the molecule is C[C@@]1(C=NO)CSC(=O)S1. The van der Waals surface area contributed by atoms with Gasteiger partial charge < -0.3 is 5.21 Å². The van der Waals surface area contributed by atoms with Gasteiger partial charge >= 0.3 is 0 Å². The largest absolute Gasteiger partial charge is 0.411 e. The average molecular weight is 177 g/mol. The van der Waals surface area contributed by atoms with Crippen molar-refractivity contribution in [3.8, 4) is 0 Å². The molecule has 1 N–H and O–H groups in total. The van der Waals surface area contributed by atoms with Crippen LogP contribution in [0.25, 0.3) is 0 Å². The number of hydrogen-bond acceptors (Lipinski definition) is 5. The van der Waals surface area contributed by atoms with Gasteiger partial charge in [-0.05, 0) is 6.92 Å². The third-order valence-electron chi connectivity index (χ3n) is 1.12. The molecule has 0 aromatic carbocycles. The van der Waals surface area contributed by atoms with E-state index in [0.29, 0.717) is 5.75 Å². The van der Waals surface area contributed by atoms with Crippen molar-refractivity contribution in [1.29, 1.82) is 0 Å². The lowest BCUT2D eigenvalue weighted by Gasteiger charge is -2.10. The third kappa shape index (κ3) is 1.67. The van der Waals surface area contributed by atoms with Crippen LogP contribution in [-0.2, 0) is 0 Å². The van der Waals surface area contributed by atoms with Crippen LogP contribution in [0, 0.1) is 0 Å². The van der Waals surface area contributed by atoms with Gasteiger partial charge in [0.2, 0.25) is 4.45 Å². The fourth-order valence-electron chi connectivity index (χ4n) is 0.637. The first-order chi connectivity index (χ1) is 4.66. The van der Waals surface area contributed by atoms with Gasteiger partial charge in [0.05, 0.1) is 11.0 Å². The highest BCUT2D eigenvalue weighted by Gasteiger charge is 2.34. The Bertz CT molecular complexity index is 182. The van der Waals surface area contributed by atoms with Gasteiger partial charge in [-0.3, -0.25) is 4.79 Å². The second-order valence-electron chi connectivity index (χ2n) is 2.20. The molecule has 3 nitrogen and oxygen atoms in total. The van der Waals surface area contributed by atoms with Crippen molar-refractivity contribution in [3.63, 3.8) is 0 Å².